The molecule has 2 aromatic carbocycles. The molecule has 0 fully saturated rings. The third-order valence-corrected chi connectivity index (χ3v) is 3.51. The number of hydrogen-bond acceptors (Lipinski definition) is 8. The lowest BCUT2D eigenvalue weighted by Crippen LogP contribution is -2.20. The van der Waals surface area contributed by atoms with E-state index in [2.05, 4.69) is 15.5 Å². The maximum Gasteiger partial charge on any atom is 0.296 e. The Morgan fingerprint density at radius 2 is 1.96 bits per heavy atom. The number of benzene rings is 2. The van der Waals surface area contributed by atoms with E-state index in [0.717, 1.165) is 0 Å². The highest BCUT2D eigenvalue weighted by molar-refractivity contribution is 5.94. The van der Waals surface area contributed by atoms with Gasteiger partial charge in [0.2, 0.25) is 12.3 Å². The summed E-state index contributed by atoms with van der Waals surface area (Å²) in [6.45, 7) is -0.316. The van der Waals surface area contributed by atoms with E-state index in [9.17, 15) is 14.9 Å². The molecule has 0 atom stereocenters. The number of carbonyl (C=O) groups is 1. The lowest BCUT2D eigenvalue weighted by atomic mass is 10.2. The first-order chi connectivity index (χ1) is 13.1. The van der Waals surface area contributed by atoms with Crippen molar-refractivity contribution in [2.45, 2.75) is 0 Å². The summed E-state index contributed by atoms with van der Waals surface area (Å²) in [5.41, 5.74) is 0.492. The molecule has 1 N–H and O–H groups in total. The first kappa shape index (κ1) is 17.9. The zero-order chi connectivity index (χ0) is 19.2. The van der Waals surface area contributed by atoms with E-state index in [-0.39, 0.29) is 18.0 Å². The molecule has 0 aliphatic heterocycles. The highest BCUT2D eigenvalue weighted by Crippen LogP contribution is 2.29. The number of rotatable bonds is 7. The van der Waals surface area contributed by atoms with E-state index in [0.29, 0.717) is 23.0 Å². The molecule has 0 radical (unpaired) electrons. The van der Waals surface area contributed by atoms with Crippen molar-refractivity contribution in [3.05, 3.63) is 59.0 Å². The Morgan fingerprint density at radius 1 is 1.22 bits per heavy atom. The Labute approximate surface area is 152 Å². The van der Waals surface area contributed by atoms with Crippen molar-refractivity contribution >= 4 is 17.3 Å². The van der Waals surface area contributed by atoms with Crippen LogP contribution in [-0.4, -0.2) is 34.7 Å². The van der Waals surface area contributed by atoms with Crippen LogP contribution in [0.2, 0.25) is 0 Å². The largest absolute Gasteiger partial charge is 0.496 e. The number of nitrogens with one attached hydrogen (secondary N) is 1. The van der Waals surface area contributed by atoms with Crippen molar-refractivity contribution in [1.82, 2.24) is 10.2 Å². The second-order valence-electron chi connectivity index (χ2n) is 5.25. The molecule has 0 spiro atoms. The Kier molecular flexibility index (Phi) is 5.26. The molecule has 3 rings (SSSR count). The summed E-state index contributed by atoms with van der Waals surface area (Å²) in [4.78, 5) is 22.6. The number of nitrogens with zero attached hydrogens (tertiary/aromatic N) is 3. The average Bonchev–Trinajstić information content (AvgIpc) is 3.21. The quantitative estimate of drug-likeness (QED) is 0.496. The number of ether oxygens (including phenoxy) is 2. The average molecular weight is 370 g/mol. The fraction of sp³-hybridized carbons (Fsp3) is 0.118. The van der Waals surface area contributed by atoms with E-state index in [4.69, 9.17) is 13.9 Å². The number of aromatic nitrogens is 2. The van der Waals surface area contributed by atoms with Gasteiger partial charge in [0, 0.05) is 5.56 Å². The van der Waals surface area contributed by atoms with E-state index in [1.807, 2.05) is 0 Å². The highest BCUT2D eigenvalue weighted by atomic mass is 16.6. The van der Waals surface area contributed by atoms with Gasteiger partial charge >= 0.3 is 0 Å². The predicted molar refractivity (Wildman–Crippen MR) is 93.5 cm³/mol. The molecular formula is C17H14N4O6. The second-order valence-corrected chi connectivity index (χ2v) is 5.25. The minimum Gasteiger partial charge on any atom is -0.496 e. The number of nitro benzene ring substituents is 1. The molecule has 10 nitrogen and oxygen atoms in total. The Bertz CT molecular complexity index is 941. The summed E-state index contributed by atoms with van der Waals surface area (Å²) in [7, 11) is 1.40. The molecule has 0 aliphatic rings. The predicted octanol–water partition coefficient (Wildman–Crippen LogP) is 2.67. The molecule has 3 aromatic rings. The van der Waals surface area contributed by atoms with Crippen molar-refractivity contribution in [3.63, 3.8) is 0 Å². The van der Waals surface area contributed by atoms with Crippen LogP contribution in [-0.2, 0) is 4.79 Å². The number of methoxy groups -OCH3 is 1. The molecule has 1 amide bonds. The van der Waals surface area contributed by atoms with Gasteiger partial charge in [-0.3, -0.25) is 14.9 Å². The van der Waals surface area contributed by atoms with Gasteiger partial charge in [-0.15, -0.1) is 10.2 Å². The minimum atomic E-state index is -0.602. The fourth-order valence-electron chi connectivity index (χ4n) is 2.22. The van der Waals surface area contributed by atoms with Crippen LogP contribution in [0.5, 0.6) is 11.5 Å². The number of anilines is 1. The van der Waals surface area contributed by atoms with E-state index < -0.39 is 10.8 Å². The molecule has 0 unspecified atom stereocenters. The van der Waals surface area contributed by atoms with Crippen LogP contribution in [0.25, 0.3) is 11.5 Å². The van der Waals surface area contributed by atoms with Crippen LogP contribution >= 0.6 is 0 Å². The summed E-state index contributed by atoms with van der Waals surface area (Å²) in [6.07, 6.45) is 1.22. The SMILES string of the molecule is COc1ccc(NC(=O)COc2ccc(-c3nnco3)cc2)c([N+](=O)[O-])c1. The first-order valence-electron chi connectivity index (χ1n) is 7.68. The minimum absolute atomic E-state index is 0.0566. The van der Waals surface area contributed by atoms with Crippen molar-refractivity contribution in [1.29, 1.82) is 0 Å². The van der Waals surface area contributed by atoms with Gasteiger partial charge in [0.05, 0.1) is 18.1 Å². The van der Waals surface area contributed by atoms with Gasteiger partial charge in [-0.1, -0.05) is 0 Å². The molecule has 138 valence electrons. The molecule has 0 aliphatic carbocycles. The normalized spacial score (nSPS) is 10.3. The van der Waals surface area contributed by atoms with E-state index >= 15 is 0 Å². The number of hydrogen-bond donors (Lipinski definition) is 1. The van der Waals surface area contributed by atoms with E-state index in [1.165, 1.54) is 31.7 Å². The molecule has 1 heterocycles. The van der Waals surface area contributed by atoms with Crippen LogP contribution in [0, 0.1) is 10.1 Å². The summed E-state index contributed by atoms with van der Waals surface area (Å²) >= 11 is 0. The zero-order valence-corrected chi connectivity index (χ0v) is 14.1. The van der Waals surface area contributed by atoms with Gasteiger partial charge in [-0.05, 0) is 36.4 Å². The summed E-state index contributed by atoms with van der Waals surface area (Å²) in [5, 5.41) is 21.0. The number of nitro groups is 1. The van der Waals surface area contributed by atoms with Crippen molar-refractivity contribution in [2.75, 3.05) is 19.0 Å². The molecule has 1 aromatic heterocycles. The molecule has 27 heavy (non-hydrogen) atoms. The van der Waals surface area contributed by atoms with Gasteiger partial charge in [0.25, 0.3) is 11.6 Å². The Morgan fingerprint density at radius 3 is 2.59 bits per heavy atom. The third-order valence-electron chi connectivity index (χ3n) is 3.51. The van der Waals surface area contributed by atoms with Crippen molar-refractivity contribution in [2.24, 2.45) is 0 Å². The van der Waals surface area contributed by atoms with Gasteiger partial charge < -0.3 is 19.2 Å². The zero-order valence-electron chi connectivity index (χ0n) is 14.1. The van der Waals surface area contributed by atoms with Gasteiger partial charge in [-0.2, -0.15) is 0 Å². The maximum atomic E-state index is 12.0. The molecular weight excluding hydrogens is 356 g/mol. The summed E-state index contributed by atoms with van der Waals surface area (Å²) < 4.78 is 15.4. The van der Waals surface area contributed by atoms with Crippen LogP contribution in [0.3, 0.4) is 0 Å². The number of amides is 1. The van der Waals surface area contributed by atoms with Crippen LogP contribution in [0.1, 0.15) is 0 Å². The second kappa shape index (κ2) is 7.95. The van der Waals surface area contributed by atoms with Crippen LogP contribution in [0.15, 0.2) is 53.3 Å². The van der Waals surface area contributed by atoms with Gasteiger partial charge in [0.1, 0.15) is 17.2 Å². The standard InChI is InChI=1S/C17H14N4O6/c1-25-13-6-7-14(15(8-13)21(23)24)19-16(22)9-26-12-4-2-11(3-5-12)17-20-18-10-27-17/h2-8,10H,9H2,1H3,(H,19,22). The van der Waals surface area contributed by atoms with Gasteiger partial charge in [-0.25, -0.2) is 0 Å². The Balaban J connectivity index is 1.61. The maximum absolute atomic E-state index is 12.0. The van der Waals surface area contributed by atoms with Crippen molar-refractivity contribution < 1.29 is 23.6 Å². The fourth-order valence-corrected chi connectivity index (χ4v) is 2.22. The third kappa shape index (κ3) is 4.37. The molecule has 0 saturated carbocycles. The topological polar surface area (TPSA) is 130 Å². The molecule has 0 bridgehead atoms. The Hall–Kier alpha value is -3.95. The van der Waals surface area contributed by atoms with Crippen molar-refractivity contribution in [3.8, 4) is 23.0 Å². The smallest absolute Gasteiger partial charge is 0.296 e. The van der Waals surface area contributed by atoms with Crippen LogP contribution < -0.4 is 14.8 Å². The molecule has 0 saturated heterocycles. The van der Waals surface area contributed by atoms with E-state index in [1.54, 1.807) is 24.3 Å². The first-order valence-corrected chi connectivity index (χ1v) is 7.68. The number of carbonyl (C=O) groups excluding carboxylic acids is 1. The monoisotopic (exact) mass is 370 g/mol. The highest BCUT2D eigenvalue weighted by Gasteiger charge is 2.17. The summed E-state index contributed by atoms with van der Waals surface area (Å²) in [5.74, 6) is 0.588. The summed E-state index contributed by atoms with van der Waals surface area (Å²) in [6, 6.07) is 10.8. The lowest BCUT2D eigenvalue weighted by molar-refractivity contribution is -0.384. The van der Waals surface area contributed by atoms with Gasteiger partial charge in [0.15, 0.2) is 6.61 Å². The lowest BCUT2D eigenvalue weighted by Gasteiger charge is -2.09. The van der Waals surface area contributed by atoms with Crippen LogP contribution in [0.4, 0.5) is 11.4 Å². The molecule has 10 heteroatoms.